The monoisotopic (exact) mass is 252 g/mol. The Morgan fingerprint density at radius 3 is 2.69 bits per heavy atom. The van der Waals surface area contributed by atoms with Gasteiger partial charge in [0.2, 0.25) is 0 Å². The van der Waals surface area contributed by atoms with Gasteiger partial charge in [0.15, 0.2) is 0 Å². The number of hydrogen-bond donors (Lipinski definition) is 0. The molecule has 1 aliphatic rings. The molecule has 2 heteroatoms. The molecule has 1 aliphatic carbocycles. The summed E-state index contributed by atoms with van der Waals surface area (Å²) >= 11 is 6.04. The van der Waals surface area contributed by atoms with Gasteiger partial charge in [-0.3, -0.25) is 0 Å². The second-order valence-electron chi connectivity index (χ2n) is 4.99. The Labute approximate surface area is 106 Å². The Hall–Kier alpha value is -0.273. The van der Waals surface area contributed by atoms with E-state index in [9.17, 15) is 0 Å². The molecule has 1 aromatic carbocycles. The van der Waals surface area contributed by atoms with Crippen molar-refractivity contribution in [1.29, 1.82) is 0 Å². The van der Waals surface area contributed by atoms with E-state index in [1.54, 1.807) is 5.56 Å². The molecular weight excluding hydrogens is 232 g/mol. The highest BCUT2D eigenvalue weighted by Gasteiger charge is 2.24. The summed E-state index contributed by atoms with van der Waals surface area (Å²) in [7, 11) is -0.478. The average Bonchev–Trinajstić information content (AvgIpc) is 2.31. The number of aryl methyl sites for hydroxylation is 1. The Bertz CT molecular complexity index is 358. The lowest BCUT2D eigenvalue weighted by Gasteiger charge is -2.29. The van der Waals surface area contributed by atoms with Crippen LogP contribution >= 0.6 is 11.6 Å². The zero-order chi connectivity index (χ0) is 11.5. The van der Waals surface area contributed by atoms with E-state index in [0.717, 1.165) is 10.6 Å². The van der Waals surface area contributed by atoms with E-state index in [4.69, 9.17) is 11.6 Å². The fraction of sp³-hybridized carbons (Fsp3) is 0.571. The molecule has 16 heavy (non-hydrogen) atoms. The fourth-order valence-corrected chi connectivity index (χ4v) is 6.44. The summed E-state index contributed by atoms with van der Waals surface area (Å²) in [5, 5.41) is 0.900. The molecule has 0 aromatic heterocycles. The van der Waals surface area contributed by atoms with Gasteiger partial charge in [0, 0.05) is 13.8 Å². The lowest BCUT2D eigenvalue weighted by atomic mass is 9.91. The third kappa shape index (κ3) is 2.52. The number of benzene rings is 1. The summed E-state index contributed by atoms with van der Waals surface area (Å²) in [5.74, 6) is 0. The lowest BCUT2D eigenvalue weighted by molar-refractivity contribution is 0.665. The summed E-state index contributed by atoms with van der Waals surface area (Å²) < 4.78 is 0. The summed E-state index contributed by atoms with van der Waals surface area (Å²) in [5.41, 5.74) is 4.10. The minimum atomic E-state index is -0.478. The molecular formula is C14H21ClSi. The van der Waals surface area contributed by atoms with Gasteiger partial charge in [-0.15, -0.1) is 0 Å². The Morgan fingerprint density at radius 2 is 2.00 bits per heavy atom. The Morgan fingerprint density at radius 1 is 1.25 bits per heavy atom. The van der Waals surface area contributed by atoms with Crippen LogP contribution in [0, 0.1) is 0 Å². The summed E-state index contributed by atoms with van der Waals surface area (Å²) in [6.07, 6.45) is 3.99. The quantitative estimate of drug-likeness (QED) is 0.697. The summed E-state index contributed by atoms with van der Waals surface area (Å²) in [6.45, 7) is 4.77. The predicted molar refractivity (Wildman–Crippen MR) is 75.3 cm³/mol. The van der Waals surface area contributed by atoms with Gasteiger partial charge >= 0.3 is 0 Å². The standard InChI is InChI=1S/C14H21ClSi/c1-3-16(4-2)14-8-6-11-9-13(15)7-5-12(11)10-14/h5,7,9,14,16H,3-4,6,8,10H2,1-2H3/t14-/m0/s1. The van der Waals surface area contributed by atoms with Gasteiger partial charge in [-0.1, -0.05) is 43.6 Å². The van der Waals surface area contributed by atoms with Crippen molar-refractivity contribution >= 4 is 20.4 Å². The van der Waals surface area contributed by atoms with Crippen molar-refractivity contribution in [2.75, 3.05) is 0 Å². The zero-order valence-electron chi connectivity index (χ0n) is 10.3. The maximum absolute atomic E-state index is 6.04. The van der Waals surface area contributed by atoms with Gasteiger partial charge in [-0.2, -0.15) is 0 Å². The van der Waals surface area contributed by atoms with Gasteiger partial charge in [-0.25, -0.2) is 0 Å². The summed E-state index contributed by atoms with van der Waals surface area (Å²) in [4.78, 5) is 0. The average molecular weight is 253 g/mol. The smallest absolute Gasteiger partial charge is 0.0408 e. The van der Waals surface area contributed by atoms with Crippen LogP contribution in [0.5, 0.6) is 0 Å². The Balaban J connectivity index is 2.14. The van der Waals surface area contributed by atoms with Crippen LogP contribution in [0.1, 0.15) is 31.4 Å². The number of halogens is 1. The highest BCUT2D eigenvalue weighted by molar-refractivity contribution is 6.60. The van der Waals surface area contributed by atoms with Crippen LogP contribution in [0.25, 0.3) is 0 Å². The van der Waals surface area contributed by atoms with Crippen LogP contribution < -0.4 is 0 Å². The molecule has 0 radical (unpaired) electrons. The maximum atomic E-state index is 6.04. The zero-order valence-corrected chi connectivity index (χ0v) is 12.2. The molecule has 0 saturated heterocycles. The highest BCUT2D eigenvalue weighted by Crippen LogP contribution is 2.34. The fourth-order valence-electron chi connectivity index (χ4n) is 3.11. The topological polar surface area (TPSA) is 0 Å². The van der Waals surface area contributed by atoms with Gasteiger partial charge in [-0.05, 0) is 48.1 Å². The van der Waals surface area contributed by atoms with Crippen LogP contribution in [-0.2, 0) is 12.8 Å². The molecule has 0 fully saturated rings. The highest BCUT2D eigenvalue weighted by atomic mass is 35.5. The number of fused-ring (bicyclic) bond motifs is 1. The Kier molecular flexibility index (Phi) is 4.09. The summed E-state index contributed by atoms with van der Waals surface area (Å²) in [6, 6.07) is 9.40. The molecule has 0 bridgehead atoms. The van der Waals surface area contributed by atoms with E-state index in [-0.39, 0.29) is 0 Å². The van der Waals surface area contributed by atoms with E-state index >= 15 is 0 Å². The van der Waals surface area contributed by atoms with Crippen LogP contribution in [0.2, 0.25) is 22.7 Å². The second-order valence-corrected chi connectivity index (χ2v) is 9.52. The molecule has 0 amide bonds. The van der Waals surface area contributed by atoms with Gasteiger partial charge in [0.05, 0.1) is 0 Å². The third-order valence-electron chi connectivity index (χ3n) is 4.15. The van der Waals surface area contributed by atoms with Crippen LogP contribution in [0.15, 0.2) is 18.2 Å². The number of rotatable bonds is 3. The van der Waals surface area contributed by atoms with Gasteiger partial charge < -0.3 is 0 Å². The molecule has 2 rings (SSSR count). The first kappa shape index (κ1) is 12.2. The SMILES string of the molecule is CC[SiH](CC)[C@H]1CCc2cc(Cl)ccc2C1. The van der Waals surface area contributed by atoms with Crippen LogP contribution in [0.3, 0.4) is 0 Å². The maximum Gasteiger partial charge on any atom is 0.0408 e. The van der Waals surface area contributed by atoms with E-state index in [1.807, 2.05) is 0 Å². The van der Waals surface area contributed by atoms with Gasteiger partial charge in [0.25, 0.3) is 0 Å². The van der Waals surface area contributed by atoms with Crippen molar-refractivity contribution in [1.82, 2.24) is 0 Å². The van der Waals surface area contributed by atoms with Crippen molar-refractivity contribution in [3.63, 3.8) is 0 Å². The first-order valence-electron chi connectivity index (χ1n) is 6.51. The molecule has 1 aromatic rings. The van der Waals surface area contributed by atoms with Crippen molar-refractivity contribution < 1.29 is 0 Å². The largest absolute Gasteiger partial charge is 0.0843 e. The normalized spacial score (nSPS) is 19.9. The third-order valence-corrected chi connectivity index (χ3v) is 8.39. The van der Waals surface area contributed by atoms with Crippen LogP contribution in [-0.4, -0.2) is 8.80 Å². The molecule has 0 nitrogen and oxygen atoms in total. The molecule has 0 N–H and O–H groups in total. The van der Waals surface area contributed by atoms with Crippen molar-refractivity contribution in [3.8, 4) is 0 Å². The molecule has 88 valence electrons. The van der Waals surface area contributed by atoms with E-state index in [0.29, 0.717) is 0 Å². The van der Waals surface area contributed by atoms with Crippen molar-refractivity contribution in [2.45, 2.75) is 50.7 Å². The van der Waals surface area contributed by atoms with E-state index < -0.39 is 8.80 Å². The molecule has 1 atom stereocenters. The van der Waals surface area contributed by atoms with E-state index in [1.165, 1.54) is 36.9 Å². The first-order chi connectivity index (χ1) is 7.74. The minimum Gasteiger partial charge on any atom is -0.0843 e. The van der Waals surface area contributed by atoms with Crippen molar-refractivity contribution in [2.24, 2.45) is 0 Å². The molecule has 0 unspecified atom stereocenters. The second kappa shape index (κ2) is 5.37. The van der Waals surface area contributed by atoms with Crippen molar-refractivity contribution in [3.05, 3.63) is 34.3 Å². The first-order valence-corrected chi connectivity index (χ1v) is 9.19. The molecule has 0 saturated carbocycles. The molecule has 0 aliphatic heterocycles. The van der Waals surface area contributed by atoms with E-state index in [2.05, 4.69) is 32.0 Å². The van der Waals surface area contributed by atoms with Gasteiger partial charge in [0.1, 0.15) is 0 Å². The molecule has 0 spiro atoms. The lowest BCUT2D eigenvalue weighted by Crippen LogP contribution is -2.24. The number of hydrogen-bond acceptors (Lipinski definition) is 0. The molecule has 0 heterocycles. The predicted octanol–water partition coefficient (Wildman–Crippen LogP) is 4.47. The van der Waals surface area contributed by atoms with Crippen LogP contribution in [0.4, 0.5) is 0 Å². The minimum absolute atomic E-state index is 0.478.